The van der Waals surface area contributed by atoms with Crippen molar-refractivity contribution in [2.45, 2.75) is 0 Å². The number of para-hydroxylation sites is 1. The summed E-state index contributed by atoms with van der Waals surface area (Å²) < 4.78 is 5.12. The zero-order valence-corrected chi connectivity index (χ0v) is 9.96. The Balaban J connectivity index is 2.47. The fourth-order valence-electron chi connectivity index (χ4n) is 1.47. The molecule has 2 aromatic rings. The number of aliphatic imine (C=N–C) groups is 1. The number of hydrogen-bond acceptors (Lipinski definition) is 4. The average molecular weight is 240 g/mol. The van der Waals surface area contributed by atoms with Gasteiger partial charge in [0.1, 0.15) is 0 Å². The quantitative estimate of drug-likeness (QED) is 0.611. The van der Waals surface area contributed by atoms with Crippen LogP contribution in [0.15, 0.2) is 57.2 Å². The summed E-state index contributed by atoms with van der Waals surface area (Å²) in [6.45, 7) is 3.80. The SMILES string of the molecule is C=C(/C=C\C=NC)c1nc2ccccc2c(=O)o1. The highest BCUT2D eigenvalue weighted by atomic mass is 16.4. The lowest BCUT2D eigenvalue weighted by atomic mass is 10.2. The van der Waals surface area contributed by atoms with Crippen molar-refractivity contribution in [3.8, 4) is 0 Å². The molecule has 0 aliphatic carbocycles. The van der Waals surface area contributed by atoms with E-state index in [-0.39, 0.29) is 5.89 Å². The first-order valence-corrected chi connectivity index (χ1v) is 5.40. The largest absolute Gasteiger partial charge is 0.403 e. The van der Waals surface area contributed by atoms with E-state index in [1.807, 2.05) is 6.07 Å². The molecular weight excluding hydrogens is 228 g/mol. The highest BCUT2D eigenvalue weighted by Crippen LogP contribution is 2.13. The molecule has 2 rings (SSSR count). The predicted octanol–water partition coefficient (Wildman–Crippen LogP) is 2.46. The summed E-state index contributed by atoms with van der Waals surface area (Å²) in [5, 5.41) is 0.466. The molecule has 0 spiro atoms. The van der Waals surface area contributed by atoms with Gasteiger partial charge in [-0.2, -0.15) is 0 Å². The van der Waals surface area contributed by atoms with E-state index in [2.05, 4.69) is 16.6 Å². The summed E-state index contributed by atoms with van der Waals surface area (Å²) in [5.41, 5.74) is 0.717. The van der Waals surface area contributed by atoms with Crippen molar-refractivity contribution in [3.63, 3.8) is 0 Å². The van der Waals surface area contributed by atoms with E-state index in [9.17, 15) is 4.79 Å². The van der Waals surface area contributed by atoms with Crippen LogP contribution in [0.25, 0.3) is 16.5 Å². The molecule has 1 aromatic carbocycles. The van der Waals surface area contributed by atoms with Crippen molar-refractivity contribution in [1.82, 2.24) is 4.98 Å². The zero-order valence-electron chi connectivity index (χ0n) is 9.96. The zero-order chi connectivity index (χ0) is 13.0. The van der Waals surface area contributed by atoms with E-state index in [4.69, 9.17) is 4.42 Å². The number of rotatable bonds is 3. The second kappa shape index (κ2) is 5.23. The Kier molecular flexibility index (Phi) is 3.48. The summed E-state index contributed by atoms with van der Waals surface area (Å²) >= 11 is 0. The van der Waals surface area contributed by atoms with Crippen molar-refractivity contribution < 1.29 is 4.42 Å². The summed E-state index contributed by atoms with van der Waals surface area (Å²) in [5.74, 6) is 0.222. The van der Waals surface area contributed by atoms with Gasteiger partial charge in [0.15, 0.2) is 0 Å². The fourth-order valence-corrected chi connectivity index (χ4v) is 1.47. The number of nitrogens with zero attached hydrogens (tertiary/aromatic N) is 2. The van der Waals surface area contributed by atoms with Crippen molar-refractivity contribution in [1.29, 1.82) is 0 Å². The van der Waals surface area contributed by atoms with Crippen LogP contribution in [0.4, 0.5) is 0 Å². The van der Waals surface area contributed by atoms with Gasteiger partial charge in [0.05, 0.1) is 10.9 Å². The Labute approximate surface area is 104 Å². The Morgan fingerprint density at radius 1 is 1.44 bits per heavy atom. The van der Waals surface area contributed by atoms with E-state index in [1.54, 1.807) is 43.6 Å². The maximum absolute atomic E-state index is 11.7. The third-order valence-electron chi connectivity index (χ3n) is 2.34. The molecule has 18 heavy (non-hydrogen) atoms. The van der Waals surface area contributed by atoms with Gasteiger partial charge in [-0.05, 0) is 24.3 Å². The molecule has 0 N–H and O–H groups in total. The Bertz CT molecular complexity index is 696. The van der Waals surface area contributed by atoms with Crippen LogP contribution in [0, 0.1) is 0 Å². The van der Waals surface area contributed by atoms with Gasteiger partial charge in [-0.15, -0.1) is 0 Å². The van der Waals surface area contributed by atoms with Gasteiger partial charge in [-0.25, -0.2) is 9.78 Å². The second-order valence-electron chi connectivity index (χ2n) is 3.62. The first-order valence-electron chi connectivity index (χ1n) is 5.40. The molecule has 1 heterocycles. The van der Waals surface area contributed by atoms with E-state index >= 15 is 0 Å². The Morgan fingerprint density at radius 3 is 3.00 bits per heavy atom. The topological polar surface area (TPSA) is 55.5 Å². The minimum absolute atomic E-state index is 0.222. The molecule has 0 bridgehead atoms. The molecule has 0 radical (unpaired) electrons. The van der Waals surface area contributed by atoms with Crippen molar-refractivity contribution >= 4 is 22.7 Å². The first kappa shape index (κ1) is 12.0. The van der Waals surface area contributed by atoms with Crippen LogP contribution in [-0.2, 0) is 0 Å². The number of hydrogen-bond donors (Lipinski definition) is 0. The number of benzene rings is 1. The standard InChI is InChI=1S/C14H12N2O2/c1-10(6-5-9-15-2)13-16-12-8-4-3-7-11(12)14(17)18-13/h3-9H,1H2,2H3/b6-5-,15-9?. The second-order valence-corrected chi connectivity index (χ2v) is 3.62. The summed E-state index contributed by atoms with van der Waals surface area (Å²) in [6.07, 6.45) is 5.01. The molecular formula is C14H12N2O2. The molecule has 4 heteroatoms. The van der Waals surface area contributed by atoms with Crippen LogP contribution in [0.1, 0.15) is 5.89 Å². The fraction of sp³-hybridized carbons (Fsp3) is 0.0714. The van der Waals surface area contributed by atoms with Gasteiger partial charge in [-0.1, -0.05) is 18.7 Å². The minimum Gasteiger partial charge on any atom is -0.403 e. The van der Waals surface area contributed by atoms with Gasteiger partial charge >= 0.3 is 5.63 Å². The van der Waals surface area contributed by atoms with Crippen molar-refractivity contribution in [2.24, 2.45) is 4.99 Å². The molecule has 0 aliphatic rings. The highest BCUT2D eigenvalue weighted by Gasteiger charge is 2.06. The maximum atomic E-state index is 11.7. The maximum Gasteiger partial charge on any atom is 0.347 e. The van der Waals surface area contributed by atoms with Crippen LogP contribution in [0.2, 0.25) is 0 Å². The number of aromatic nitrogens is 1. The third-order valence-corrected chi connectivity index (χ3v) is 2.34. The van der Waals surface area contributed by atoms with Crippen LogP contribution in [0.3, 0.4) is 0 Å². The van der Waals surface area contributed by atoms with Gasteiger partial charge < -0.3 is 4.42 Å². The molecule has 1 aromatic heterocycles. The molecule has 0 atom stereocenters. The van der Waals surface area contributed by atoms with Crippen LogP contribution in [-0.4, -0.2) is 18.2 Å². The molecule has 0 amide bonds. The molecule has 0 aliphatic heterocycles. The van der Waals surface area contributed by atoms with E-state index in [0.29, 0.717) is 16.5 Å². The Hall–Kier alpha value is -2.49. The van der Waals surface area contributed by atoms with Crippen LogP contribution in [0.5, 0.6) is 0 Å². The molecule has 0 fully saturated rings. The normalized spacial score (nSPS) is 11.6. The first-order chi connectivity index (χ1) is 8.72. The smallest absolute Gasteiger partial charge is 0.347 e. The Morgan fingerprint density at radius 2 is 2.22 bits per heavy atom. The molecule has 90 valence electrons. The van der Waals surface area contributed by atoms with Crippen molar-refractivity contribution in [3.05, 3.63) is 59.3 Å². The molecule has 0 unspecified atom stereocenters. The van der Waals surface area contributed by atoms with Gasteiger partial charge in [0.2, 0.25) is 5.89 Å². The van der Waals surface area contributed by atoms with Crippen molar-refractivity contribution in [2.75, 3.05) is 7.05 Å². The molecule has 4 nitrogen and oxygen atoms in total. The summed E-state index contributed by atoms with van der Waals surface area (Å²) in [7, 11) is 1.67. The number of allylic oxidation sites excluding steroid dienone is 3. The average Bonchev–Trinajstić information content (AvgIpc) is 2.39. The van der Waals surface area contributed by atoms with E-state index < -0.39 is 5.63 Å². The summed E-state index contributed by atoms with van der Waals surface area (Å²) in [6, 6.07) is 7.04. The summed E-state index contributed by atoms with van der Waals surface area (Å²) in [4.78, 5) is 19.8. The van der Waals surface area contributed by atoms with E-state index in [1.165, 1.54) is 0 Å². The van der Waals surface area contributed by atoms with Crippen LogP contribution >= 0.6 is 0 Å². The highest BCUT2D eigenvalue weighted by molar-refractivity contribution is 5.81. The number of fused-ring (bicyclic) bond motifs is 1. The monoisotopic (exact) mass is 240 g/mol. The molecule has 0 saturated heterocycles. The van der Waals surface area contributed by atoms with Gasteiger partial charge in [0.25, 0.3) is 0 Å². The lowest BCUT2D eigenvalue weighted by Crippen LogP contribution is -2.03. The van der Waals surface area contributed by atoms with Gasteiger partial charge in [-0.3, -0.25) is 4.99 Å². The molecule has 0 saturated carbocycles. The van der Waals surface area contributed by atoms with E-state index in [0.717, 1.165) is 0 Å². The lowest BCUT2D eigenvalue weighted by Gasteiger charge is -2.00. The predicted molar refractivity (Wildman–Crippen MR) is 72.9 cm³/mol. The van der Waals surface area contributed by atoms with Crippen LogP contribution < -0.4 is 5.63 Å². The lowest BCUT2D eigenvalue weighted by molar-refractivity contribution is 0.488. The van der Waals surface area contributed by atoms with Gasteiger partial charge in [0, 0.05) is 18.8 Å². The minimum atomic E-state index is -0.408. The third kappa shape index (κ3) is 2.43.